The SMILES string of the molecule is CCN1C(=O)C(C)(C)Oc2ccc(C(O)CCCN)cc21. The second kappa shape index (κ2) is 6.03. The van der Waals surface area contributed by atoms with E-state index in [1.165, 1.54) is 0 Å². The molecule has 1 aromatic rings. The Labute approximate surface area is 125 Å². The van der Waals surface area contributed by atoms with Crippen LogP contribution >= 0.6 is 0 Å². The third-order valence-electron chi connectivity index (χ3n) is 3.78. The van der Waals surface area contributed by atoms with Gasteiger partial charge in [0.15, 0.2) is 5.60 Å². The molecular weight excluding hydrogens is 268 g/mol. The van der Waals surface area contributed by atoms with E-state index >= 15 is 0 Å². The summed E-state index contributed by atoms with van der Waals surface area (Å²) in [6.45, 7) is 6.59. The first kappa shape index (κ1) is 15.8. The van der Waals surface area contributed by atoms with Crippen molar-refractivity contribution in [1.82, 2.24) is 0 Å². The predicted molar refractivity (Wildman–Crippen MR) is 82.4 cm³/mol. The first-order chi connectivity index (χ1) is 9.90. The van der Waals surface area contributed by atoms with Crippen LogP contribution in [0.5, 0.6) is 5.75 Å². The molecule has 1 atom stereocenters. The summed E-state index contributed by atoms with van der Waals surface area (Å²) >= 11 is 0. The number of carbonyl (C=O) groups is 1. The zero-order valence-corrected chi connectivity index (χ0v) is 12.9. The minimum Gasteiger partial charge on any atom is -0.476 e. The summed E-state index contributed by atoms with van der Waals surface area (Å²) in [6.07, 6.45) is 0.808. The fourth-order valence-corrected chi connectivity index (χ4v) is 2.58. The van der Waals surface area contributed by atoms with Crippen molar-refractivity contribution in [2.24, 2.45) is 5.73 Å². The molecule has 5 heteroatoms. The van der Waals surface area contributed by atoms with Gasteiger partial charge in [0, 0.05) is 6.54 Å². The van der Waals surface area contributed by atoms with E-state index in [4.69, 9.17) is 10.5 Å². The molecule has 0 spiro atoms. The maximum atomic E-state index is 12.4. The molecule has 5 nitrogen and oxygen atoms in total. The van der Waals surface area contributed by atoms with Crippen LogP contribution in [0.25, 0.3) is 0 Å². The topological polar surface area (TPSA) is 75.8 Å². The zero-order chi connectivity index (χ0) is 15.6. The number of likely N-dealkylation sites (N-methyl/N-ethyl adjacent to an activating group) is 1. The van der Waals surface area contributed by atoms with Crippen LogP contribution in [0.4, 0.5) is 5.69 Å². The maximum absolute atomic E-state index is 12.4. The van der Waals surface area contributed by atoms with E-state index in [-0.39, 0.29) is 5.91 Å². The Bertz CT molecular complexity index is 528. The van der Waals surface area contributed by atoms with Crippen molar-refractivity contribution in [3.8, 4) is 5.75 Å². The van der Waals surface area contributed by atoms with Crippen molar-refractivity contribution < 1.29 is 14.6 Å². The molecule has 0 aromatic heterocycles. The fourth-order valence-electron chi connectivity index (χ4n) is 2.58. The molecule has 0 saturated carbocycles. The number of benzene rings is 1. The Balaban J connectivity index is 2.35. The number of hydrogen-bond acceptors (Lipinski definition) is 4. The lowest BCUT2D eigenvalue weighted by Crippen LogP contribution is -2.52. The molecule has 3 N–H and O–H groups in total. The molecule has 116 valence electrons. The standard InChI is InChI=1S/C16H24N2O3/c1-4-18-12-10-11(13(19)6-5-9-17)7-8-14(12)21-16(2,3)15(18)20/h7-8,10,13,19H,4-6,9,17H2,1-3H3. The highest BCUT2D eigenvalue weighted by Gasteiger charge is 2.40. The number of aliphatic hydroxyl groups excluding tert-OH is 1. The lowest BCUT2D eigenvalue weighted by molar-refractivity contribution is -0.132. The molecule has 0 bridgehead atoms. The van der Waals surface area contributed by atoms with Gasteiger partial charge in [0.2, 0.25) is 0 Å². The summed E-state index contributed by atoms with van der Waals surface area (Å²) in [7, 11) is 0. The Morgan fingerprint density at radius 3 is 2.76 bits per heavy atom. The van der Waals surface area contributed by atoms with E-state index in [9.17, 15) is 9.90 Å². The summed E-state index contributed by atoms with van der Waals surface area (Å²) in [5, 5.41) is 10.2. The molecule has 1 aliphatic heterocycles. The van der Waals surface area contributed by atoms with Crippen LogP contribution in [-0.2, 0) is 4.79 Å². The van der Waals surface area contributed by atoms with E-state index in [1.807, 2.05) is 25.1 Å². The average molecular weight is 292 g/mol. The van der Waals surface area contributed by atoms with Crippen LogP contribution in [-0.4, -0.2) is 29.7 Å². The maximum Gasteiger partial charge on any atom is 0.270 e. The third-order valence-corrected chi connectivity index (χ3v) is 3.78. The van der Waals surface area contributed by atoms with Crippen molar-refractivity contribution in [1.29, 1.82) is 0 Å². The molecule has 0 aliphatic carbocycles. The summed E-state index contributed by atoms with van der Waals surface area (Å²) in [4.78, 5) is 14.1. The smallest absolute Gasteiger partial charge is 0.270 e. The molecule has 1 unspecified atom stereocenters. The summed E-state index contributed by atoms with van der Waals surface area (Å²) in [6, 6.07) is 5.51. The van der Waals surface area contributed by atoms with E-state index in [0.29, 0.717) is 25.3 Å². The summed E-state index contributed by atoms with van der Waals surface area (Å²) in [5.41, 5.74) is 6.13. The first-order valence-corrected chi connectivity index (χ1v) is 7.43. The quantitative estimate of drug-likeness (QED) is 0.870. The minimum absolute atomic E-state index is 0.0638. The largest absolute Gasteiger partial charge is 0.476 e. The number of rotatable bonds is 5. The number of ether oxygens (including phenoxy) is 1. The third kappa shape index (κ3) is 3.04. The van der Waals surface area contributed by atoms with Crippen LogP contribution in [0.2, 0.25) is 0 Å². The van der Waals surface area contributed by atoms with E-state index in [1.54, 1.807) is 18.7 Å². The molecule has 1 aromatic carbocycles. The minimum atomic E-state index is -0.858. The van der Waals surface area contributed by atoms with Crippen molar-refractivity contribution in [2.45, 2.75) is 45.3 Å². The molecule has 0 radical (unpaired) electrons. The van der Waals surface area contributed by atoms with Gasteiger partial charge in [-0.15, -0.1) is 0 Å². The van der Waals surface area contributed by atoms with E-state index < -0.39 is 11.7 Å². The fraction of sp³-hybridized carbons (Fsp3) is 0.562. The Kier molecular flexibility index (Phi) is 4.54. The van der Waals surface area contributed by atoms with Gasteiger partial charge < -0.3 is 20.5 Å². The van der Waals surface area contributed by atoms with Gasteiger partial charge in [0.1, 0.15) is 5.75 Å². The highest BCUT2D eigenvalue weighted by Crippen LogP contribution is 2.39. The first-order valence-electron chi connectivity index (χ1n) is 7.43. The number of carbonyl (C=O) groups excluding carboxylic acids is 1. The van der Waals surface area contributed by atoms with Crippen molar-refractivity contribution in [3.63, 3.8) is 0 Å². The van der Waals surface area contributed by atoms with Crippen molar-refractivity contribution in [3.05, 3.63) is 23.8 Å². The number of anilines is 1. The Morgan fingerprint density at radius 1 is 1.43 bits per heavy atom. The predicted octanol–water partition coefficient (Wildman–Crippen LogP) is 1.98. The van der Waals surface area contributed by atoms with Gasteiger partial charge in [-0.05, 0) is 57.9 Å². The highest BCUT2D eigenvalue weighted by molar-refractivity contribution is 6.02. The van der Waals surface area contributed by atoms with Crippen molar-refractivity contribution in [2.75, 3.05) is 18.0 Å². The lowest BCUT2D eigenvalue weighted by Gasteiger charge is -2.38. The number of hydrogen-bond donors (Lipinski definition) is 2. The molecule has 1 aliphatic rings. The Morgan fingerprint density at radius 2 is 2.14 bits per heavy atom. The van der Waals surface area contributed by atoms with Gasteiger partial charge in [-0.2, -0.15) is 0 Å². The van der Waals surface area contributed by atoms with Crippen LogP contribution in [0.15, 0.2) is 18.2 Å². The number of nitrogens with zero attached hydrogens (tertiary/aromatic N) is 1. The normalized spacial score (nSPS) is 18.1. The number of nitrogens with two attached hydrogens (primary N) is 1. The van der Waals surface area contributed by atoms with Crippen LogP contribution in [0, 0.1) is 0 Å². The number of fused-ring (bicyclic) bond motifs is 1. The van der Waals surface area contributed by atoms with Gasteiger partial charge in [-0.25, -0.2) is 0 Å². The molecule has 1 amide bonds. The monoisotopic (exact) mass is 292 g/mol. The van der Waals surface area contributed by atoms with Gasteiger partial charge in [-0.1, -0.05) is 6.07 Å². The number of aliphatic hydroxyl groups is 1. The highest BCUT2D eigenvalue weighted by atomic mass is 16.5. The van der Waals surface area contributed by atoms with Gasteiger partial charge in [0.25, 0.3) is 5.91 Å². The zero-order valence-electron chi connectivity index (χ0n) is 12.9. The van der Waals surface area contributed by atoms with Gasteiger partial charge in [-0.3, -0.25) is 4.79 Å². The molecule has 1 heterocycles. The van der Waals surface area contributed by atoms with Crippen molar-refractivity contribution >= 4 is 11.6 Å². The Hall–Kier alpha value is -1.59. The van der Waals surface area contributed by atoms with Crippen LogP contribution in [0.1, 0.15) is 45.3 Å². The van der Waals surface area contributed by atoms with Gasteiger partial charge >= 0.3 is 0 Å². The molecular formula is C16H24N2O3. The van der Waals surface area contributed by atoms with Crippen LogP contribution in [0.3, 0.4) is 0 Å². The molecule has 2 rings (SSSR count). The van der Waals surface area contributed by atoms with Crippen LogP contribution < -0.4 is 15.4 Å². The second-order valence-corrected chi connectivity index (χ2v) is 5.84. The molecule has 21 heavy (non-hydrogen) atoms. The lowest BCUT2D eigenvalue weighted by atomic mass is 10.00. The summed E-state index contributed by atoms with van der Waals surface area (Å²) < 4.78 is 5.79. The second-order valence-electron chi connectivity index (χ2n) is 5.84. The van der Waals surface area contributed by atoms with E-state index in [0.717, 1.165) is 17.7 Å². The van der Waals surface area contributed by atoms with E-state index in [2.05, 4.69) is 0 Å². The van der Waals surface area contributed by atoms with Gasteiger partial charge in [0.05, 0.1) is 11.8 Å². The summed E-state index contributed by atoms with van der Waals surface area (Å²) in [5.74, 6) is 0.613. The number of amides is 1. The molecule has 0 saturated heterocycles. The molecule has 0 fully saturated rings. The average Bonchev–Trinajstić information content (AvgIpc) is 2.45.